The summed E-state index contributed by atoms with van der Waals surface area (Å²) in [5, 5.41) is 3.32. The second-order valence-electron chi connectivity index (χ2n) is 5.97. The van der Waals surface area contributed by atoms with Crippen molar-refractivity contribution in [3.63, 3.8) is 0 Å². The average molecular weight is 239 g/mol. The van der Waals surface area contributed by atoms with Crippen molar-refractivity contribution in [2.45, 2.75) is 57.7 Å². The molecule has 1 N–H and O–H groups in total. The van der Waals surface area contributed by atoms with Gasteiger partial charge in [0.2, 0.25) is 0 Å². The fourth-order valence-electron chi connectivity index (χ4n) is 3.30. The first-order chi connectivity index (χ1) is 8.20. The number of nitrogens with zero attached hydrogens (tertiary/aromatic N) is 2. The molecule has 0 amide bonds. The molecule has 3 atom stereocenters. The first-order valence-electron chi connectivity index (χ1n) is 7.36. The van der Waals surface area contributed by atoms with E-state index in [0.29, 0.717) is 6.04 Å². The quantitative estimate of drug-likeness (QED) is 0.785. The lowest BCUT2D eigenvalue weighted by molar-refractivity contribution is 0.0580. The van der Waals surface area contributed by atoms with Crippen LogP contribution < -0.4 is 5.32 Å². The van der Waals surface area contributed by atoms with Crippen molar-refractivity contribution in [2.24, 2.45) is 0 Å². The van der Waals surface area contributed by atoms with Gasteiger partial charge in [0.25, 0.3) is 0 Å². The Bertz CT molecular complexity index is 232. The van der Waals surface area contributed by atoms with Crippen LogP contribution in [0.1, 0.15) is 39.5 Å². The number of piperazine rings is 1. The van der Waals surface area contributed by atoms with Gasteiger partial charge in [-0.3, -0.25) is 9.80 Å². The van der Waals surface area contributed by atoms with Crippen LogP contribution in [0.2, 0.25) is 0 Å². The Morgan fingerprint density at radius 1 is 1.35 bits per heavy atom. The number of rotatable bonds is 5. The molecule has 2 aliphatic heterocycles. The highest BCUT2D eigenvalue weighted by atomic mass is 15.3. The normalized spacial score (nSPS) is 32.6. The zero-order valence-corrected chi connectivity index (χ0v) is 11.8. The van der Waals surface area contributed by atoms with Crippen molar-refractivity contribution in [3.8, 4) is 0 Å². The van der Waals surface area contributed by atoms with E-state index >= 15 is 0 Å². The third kappa shape index (κ3) is 3.43. The Morgan fingerprint density at radius 3 is 2.94 bits per heavy atom. The van der Waals surface area contributed by atoms with Crippen LogP contribution in [0.5, 0.6) is 0 Å². The topological polar surface area (TPSA) is 18.5 Å². The van der Waals surface area contributed by atoms with E-state index in [0.717, 1.165) is 12.1 Å². The summed E-state index contributed by atoms with van der Waals surface area (Å²) in [6.07, 6.45) is 5.48. The van der Waals surface area contributed by atoms with E-state index in [-0.39, 0.29) is 0 Å². The van der Waals surface area contributed by atoms with Gasteiger partial charge in [-0.15, -0.1) is 0 Å². The van der Waals surface area contributed by atoms with E-state index in [1.807, 2.05) is 0 Å². The summed E-state index contributed by atoms with van der Waals surface area (Å²) in [4.78, 5) is 5.42. The molecule has 2 aliphatic rings. The maximum absolute atomic E-state index is 3.32. The molecule has 3 heteroatoms. The summed E-state index contributed by atoms with van der Waals surface area (Å²) >= 11 is 0. The highest BCUT2D eigenvalue weighted by molar-refractivity contribution is 4.90. The summed E-state index contributed by atoms with van der Waals surface area (Å²) in [6, 6.07) is 2.29. The maximum Gasteiger partial charge on any atom is 0.0224 e. The Kier molecular flexibility index (Phi) is 4.83. The van der Waals surface area contributed by atoms with Crippen molar-refractivity contribution < 1.29 is 0 Å². The van der Waals surface area contributed by atoms with Crippen LogP contribution in [0, 0.1) is 0 Å². The van der Waals surface area contributed by atoms with E-state index in [4.69, 9.17) is 0 Å². The van der Waals surface area contributed by atoms with Gasteiger partial charge in [0.05, 0.1) is 0 Å². The van der Waals surface area contributed by atoms with Crippen LogP contribution in [0.4, 0.5) is 0 Å². The van der Waals surface area contributed by atoms with Crippen LogP contribution in [0.15, 0.2) is 0 Å². The predicted molar refractivity (Wildman–Crippen MR) is 73.4 cm³/mol. The Hall–Kier alpha value is -0.120. The Labute approximate surface area is 107 Å². The minimum Gasteiger partial charge on any atom is -0.317 e. The SMILES string of the molecule is CNC(C)CCCN1CC2CCCN2CC1C. The first-order valence-corrected chi connectivity index (χ1v) is 7.36. The largest absolute Gasteiger partial charge is 0.317 e. The van der Waals surface area contributed by atoms with Crippen molar-refractivity contribution in [3.05, 3.63) is 0 Å². The van der Waals surface area contributed by atoms with E-state index < -0.39 is 0 Å². The Balaban J connectivity index is 1.73. The molecule has 100 valence electrons. The minimum absolute atomic E-state index is 0.665. The smallest absolute Gasteiger partial charge is 0.0224 e. The molecule has 0 aromatic carbocycles. The average Bonchev–Trinajstić information content (AvgIpc) is 2.76. The molecule has 0 bridgehead atoms. The highest BCUT2D eigenvalue weighted by Gasteiger charge is 2.33. The molecular formula is C14H29N3. The summed E-state index contributed by atoms with van der Waals surface area (Å²) in [7, 11) is 2.06. The van der Waals surface area contributed by atoms with Crippen molar-refractivity contribution >= 4 is 0 Å². The molecule has 0 aliphatic carbocycles. The molecule has 0 aromatic rings. The molecule has 3 nitrogen and oxygen atoms in total. The van der Waals surface area contributed by atoms with Crippen molar-refractivity contribution in [1.29, 1.82) is 0 Å². The van der Waals surface area contributed by atoms with Gasteiger partial charge in [-0.2, -0.15) is 0 Å². The molecule has 0 spiro atoms. The van der Waals surface area contributed by atoms with Crippen LogP contribution in [-0.2, 0) is 0 Å². The van der Waals surface area contributed by atoms with Gasteiger partial charge in [0.15, 0.2) is 0 Å². The van der Waals surface area contributed by atoms with Gasteiger partial charge in [0, 0.05) is 31.2 Å². The third-order valence-electron chi connectivity index (χ3n) is 4.64. The summed E-state index contributed by atoms with van der Waals surface area (Å²) < 4.78 is 0. The first kappa shape index (κ1) is 13.3. The third-order valence-corrected chi connectivity index (χ3v) is 4.64. The van der Waals surface area contributed by atoms with E-state index in [1.54, 1.807) is 0 Å². The lowest BCUT2D eigenvalue weighted by atomic mass is 10.1. The molecule has 2 saturated heterocycles. The van der Waals surface area contributed by atoms with Gasteiger partial charge in [-0.05, 0) is 59.7 Å². The fourth-order valence-corrected chi connectivity index (χ4v) is 3.30. The van der Waals surface area contributed by atoms with Gasteiger partial charge in [-0.25, -0.2) is 0 Å². The van der Waals surface area contributed by atoms with Crippen LogP contribution >= 0.6 is 0 Å². The monoisotopic (exact) mass is 239 g/mol. The number of hydrogen-bond donors (Lipinski definition) is 1. The highest BCUT2D eigenvalue weighted by Crippen LogP contribution is 2.24. The number of nitrogens with one attached hydrogen (secondary N) is 1. The zero-order chi connectivity index (χ0) is 12.3. The molecule has 0 aromatic heterocycles. The maximum atomic E-state index is 3.32. The van der Waals surface area contributed by atoms with Crippen LogP contribution in [0.3, 0.4) is 0 Å². The lowest BCUT2D eigenvalue weighted by Crippen LogP contribution is -2.55. The fraction of sp³-hybridized carbons (Fsp3) is 1.00. The molecule has 0 saturated carbocycles. The predicted octanol–water partition coefficient (Wildman–Crippen LogP) is 1.54. The molecule has 17 heavy (non-hydrogen) atoms. The molecule has 2 heterocycles. The van der Waals surface area contributed by atoms with Gasteiger partial charge < -0.3 is 5.32 Å². The molecule has 0 radical (unpaired) electrons. The summed E-state index contributed by atoms with van der Waals surface area (Å²) in [5.74, 6) is 0. The van der Waals surface area contributed by atoms with Crippen molar-refractivity contribution in [2.75, 3.05) is 33.2 Å². The zero-order valence-electron chi connectivity index (χ0n) is 11.8. The molecule has 2 rings (SSSR count). The van der Waals surface area contributed by atoms with Crippen LogP contribution in [-0.4, -0.2) is 61.2 Å². The lowest BCUT2D eigenvalue weighted by Gasteiger charge is -2.42. The number of hydrogen-bond acceptors (Lipinski definition) is 3. The summed E-state index contributed by atoms with van der Waals surface area (Å²) in [5.41, 5.74) is 0. The Morgan fingerprint density at radius 2 is 2.18 bits per heavy atom. The second-order valence-corrected chi connectivity index (χ2v) is 5.97. The van der Waals surface area contributed by atoms with Gasteiger partial charge in [0.1, 0.15) is 0 Å². The van der Waals surface area contributed by atoms with Crippen molar-refractivity contribution in [1.82, 2.24) is 15.1 Å². The van der Waals surface area contributed by atoms with Gasteiger partial charge >= 0.3 is 0 Å². The molecular weight excluding hydrogens is 210 g/mol. The second kappa shape index (κ2) is 6.17. The van der Waals surface area contributed by atoms with Crippen LogP contribution in [0.25, 0.3) is 0 Å². The summed E-state index contributed by atoms with van der Waals surface area (Å²) in [6.45, 7) is 9.92. The van der Waals surface area contributed by atoms with E-state index in [9.17, 15) is 0 Å². The van der Waals surface area contributed by atoms with Gasteiger partial charge in [-0.1, -0.05) is 0 Å². The molecule has 3 unspecified atom stereocenters. The van der Waals surface area contributed by atoms with E-state index in [1.165, 1.54) is 51.9 Å². The van der Waals surface area contributed by atoms with E-state index in [2.05, 4.69) is 36.0 Å². The number of fused-ring (bicyclic) bond motifs is 1. The molecule has 2 fully saturated rings. The standard InChI is InChI=1S/C14H29N3/c1-12(15-3)6-4-8-16-11-14-7-5-9-17(14)10-13(16)2/h12-15H,4-11H2,1-3H3. The minimum atomic E-state index is 0.665.